The van der Waals surface area contributed by atoms with Gasteiger partial charge in [-0.05, 0) is 60.2 Å². The Kier molecular flexibility index (Phi) is 4.05. The predicted octanol–water partition coefficient (Wildman–Crippen LogP) is 4.78. The molecule has 2 aromatic carbocycles. The van der Waals surface area contributed by atoms with Crippen molar-refractivity contribution in [1.82, 2.24) is 0 Å². The molecule has 0 aliphatic carbocycles. The Morgan fingerprint density at radius 3 is 2.35 bits per heavy atom. The maximum Gasteiger partial charge on any atom is 0.0422 e. The van der Waals surface area contributed by atoms with Crippen LogP contribution in [0, 0.1) is 3.57 Å². The second-order valence-corrected chi connectivity index (χ2v) is 5.60. The zero-order valence-corrected chi connectivity index (χ0v) is 12.2. The van der Waals surface area contributed by atoms with Gasteiger partial charge < -0.3 is 5.32 Å². The third kappa shape index (κ3) is 3.22. The zero-order chi connectivity index (χ0) is 12.3. The first-order valence-corrected chi connectivity index (χ1v) is 6.86. The molecule has 2 rings (SSSR count). The van der Waals surface area contributed by atoms with Crippen molar-refractivity contribution in [3.63, 3.8) is 0 Å². The monoisotopic (exact) mass is 337 g/mol. The smallest absolute Gasteiger partial charge is 0.0422 e. The molecule has 0 heterocycles. The fourth-order valence-electron chi connectivity index (χ4n) is 1.81. The van der Waals surface area contributed by atoms with Gasteiger partial charge in [0.25, 0.3) is 0 Å². The van der Waals surface area contributed by atoms with Gasteiger partial charge in [-0.1, -0.05) is 30.3 Å². The maximum absolute atomic E-state index is 3.50. The number of benzene rings is 2. The van der Waals surface area contributed by atoms with E-state index in [9.17, 15) is 0 Å². The second-order valence-electron chi connectivity index (χ2n) is 4.35. The average Bonchev–Trinajstić information content (AvgIpc) is 2.32. The normalized spacial score (nSPS) is 10.6. The first-order chi connectivity index (χ1) is 8.16. The molecular formula is C15H16IN. The Morgan fingerprint density at radius 2 is 1.71 bits per heavy atom. The van der Waals surface area contributed by atoms with Crippen LogP contribution in [0.5, 0.6) is 0 Å². The summed E-state index contributed by atoms with van der Waals surface area (Å²) in [7, 11) is 0. The molecule has 0 saturated carbocycles. The molecule has 1 N–H and O–H groups in total. The number of hydrogen-bond acceptors (Lipinski definition) is 1. The van der Waals surface area contributed by atoms with E-state index in [4.69, 9.17) is 0 Å². The number of hydrogen-bond donors (Lipinski definition) is 1. The number of nitrogens with one attached hydrogen (secondary N) is 1. The molecule has 0 unspecified atom stereocenters. The van der Waals surface area contributed by atoms with Crippen LogP contribution in [0.1, 0.15) is 13.8 Å². The molecule has 0 saturated heterocycles. The van der Waals surface area contributed by atoms with Crippen LogP contribution in [0.3, 0.4) is 0 Å². The van der Waals surface area contributed by atoms with Gasteiger partial charge in [-0.3, -0.25) is 0 Å². The third-order valence-electron chi connectivity index (χ3n) is 2.51. The lowest BCUT2D eigenvalue weighted by atomic mass is 10.0. The van der Waals surface area contributed by atoms with Crippen LogP contribution in [0.15, 0.2) is 48.5 Å². The van der Waals surface area contributed by atoms with E-state index in [1.165, 1.54) is 20.4 Å². The second kappa shape index (κ2) is 5.54. The molecule has 1 nitrogen and oxygen atoms in total. The highest BCUT2D eigenvalue weighted by Crippen LogP contribution is 2.29. The molecule has 0 spiro atoms. The van der Waals surface area contributed by atoms with Crippen LogP contribution >= 0.6 is 22.6 Å². The van der Waals surface area contributed by atoms with Crippen molar-refractivity contribution < 1.29 is 0 Å². The Hall–Kier alpha value is -1.03. The Morgan fingerprint density at radius 1 is 1.00 bits per heavy atom. The van der Waals surface area contributed by atoms with Crippen molar-refractivity contribution in [2.24, 2.45) is 0 Å². The van der Waals surface area contributed by atoms with E-state index >= 15 is 0 Å². The molecule has 0 fully saturated rings. The molecule has 0 atom stereocenters. The summed E-state index contributed by atoms with van der Waals surface area (Å²) in [6.45, 7) is 4.32. The average molecular weight is 337 g/mol. The zero-order valence-electron chi connectivity index (χ0n) is 10.1. The summed E-state index contributed by atoms with van der Waals surface area (Å²) < 4.78 is 1.26. The summed E-state index contributed by atoms with van der Waals surface area (Å²) in [4.78, 5) is 0. The van der Waals surface area contributed by atoms with Crippen LogP contribution in [-0.2, 0) is 0 Å². The fraction of sp³-hybridized carbons (Fsp3) is 0.200. The van der Waals surface area contributed by atoms with E-state index in [1.54, 1.807) is 0 Å². The minimum atomic E-state index is 0.442. The van der Waals surface area contributed by atoms with Crippen molar-refractivity contribution in [3.8, 4) is 11.1 Å². The first kappa shape index (κ1) is 12.4. The summed E-state index contributed by atoms with van der Waals surface area (Å²) in [6, 6.07) is 17.5. The van der Waals surface area contributed by atoms with Crippen molar-refractivity contribution in [1.29, 1.82) is 0 Å². The summed E-state index contributed by atoms with van der Waals surface area (Å²) in [5.41, 5.74) is 3.73. The van der Waals surface area contributed by atoms with E-state index in [1.807, 2.05) is 6.07 Å². The van der Waals surface area contributed by atoms with Crippen molar-refractivity contribution in [2.45, 2.75) is 19.9 Å². The Labute approximate surface area is 116 Å². The maximum atomic E-state index is 3.50. The molecule has 88 valence electrons. The summed E-state index contributed by atoms with van der Waals surface area (Å²) in [5.74, 6) is 0. The molecule has 0 aliphatic rings. The number of rotatable bonds is 3. The Bertz CT molecular complexity index is 492. The van der Waals surface area contributed by atoms with E-state index in [2.05, 4.69) is 84.2 Å². The van der Waals surface area contributed by atoms with Gasteiger partial charge in [0.15, 0.2) is 0 Å². The van der Waals surface area contributed by atoms with E-state index in [0.717, 1.165) is 0 Å². The van der Waals surface area contributed by atoms with Crippen LogP contribution in [-0.4, -0.2) is 6.04 Å². The molecule has 0 aromatic heterocycles. The summed E-state index contributed by atoms with van der Waals surface area (Å²) >= 11 is 2.35. The van der Waals surface area contributed by atoms with Gasteiger partial charge in [0.1, 0.15) is 0 Å². The lowest BCUT2D eigenvalue weighted by Crippen LogP contribution is -2.10. The van der Waals surface area contributed by atoms with Crippen molar-refractivity contribution in [2.75, 3.05) is 5.32 Å². The molecule has 0 aliphatic heterocycles. The molecule has 2 aromatic rings. The number of halogens is 1. The van der Waals surface area contributed by atoms with Crippen LogP contribution in [0.25, 0.3) is 11.1 Å². The lowest BCUT2D eigenvalue weighted by Gasteiger charge is -2.15. The topological polar surface area (TPSA) is 12.0 Å². The highest BCUT2D eigenvalue weighted by Gasteiger charge is 2.06. The molecule has 0 radical (unpaired) electrons. The van der Waals surface area contributed by atoms with E-state index in [-0.39, 0.29) is 0 Å². The summed E-state index contributed by atoms with van der Waals surface area (Å²) in [5, 5.41) is 3.50. The van der Waals surface area contributed by atoms with Crippen LogP contribution < -0.4 is 5.32 Å². The van der Waals surface area contributed by atoms with Gasteiger partial charge in [-0.15, -0.1) is 0 Å². The van der Waals surface area contributed by atoms with Gasteiger partial charge >= 0.3 is 0 Å². The minimum absolute atomic E-state index is 0.442. The lowest BCUT2D eigenvalue weighted by molar-refractivity contribution is 0.900. The number of anilines is 1. The SMILES string of the molecule is CC(C)Nc1ccc(I)cc1-c1ccccc1. The van der Waals surface area contributed by atoms with Gasteiger partial charge in [0, 0.05) is 20.9 Å². The largest absolute Gasteiger partial charge is 0.382 e. The third-order valence-corrected chi connectivity index (χ3v) is 3.18. The molecule has 0 amide bonds. The standard InChI is InChI=1S/C15H16IN/c1-11(2)17-15-9-8-13(16)10-14(15)12-6-4-3-5-7-12/h3-11,17H,1-2H3. The highest BCUT2D eigenvalue weighted by atomic mass is 127. The van der Waals surface area contributed by atoms with Gasteiger partial charge in [-0.25, -0.2) is 0 Å². The van der Waals surface area contributed by atoms with E-state index < -0.39 is 0 Å². The van der Waals surface area contributed by atoms with Crippen LogP contribution in [0.2, 0.25) is 0 Å². The quantitative estimate of drug-likeness (QED) is 0.795. The van der Waals surface area contributed by atoms with E-state index in [0.29, 0.717) is 6.04 Å². The fourth-order valence-corrected chi connectivity index (χ4v) is 2.30. The van der Waals surface area contributed by atoms with Gasteiger partial charge in [-0.2, -0.15) is 0 Å². The minimum Gasteiger partial charge on any atom is -0.382 e. The van der Waals surface area contributed by atoms with Crippen LogP contribution in [0.4, 0.5) is 5.69 Å². The first-order valence-electron chi connectivity index (χ1n) is 5.78. The van der Waals surface area contributed by atoms with Gasteiger partial charge in [0.05, 0.1) is 0 Å². The van der Waals surface area contributed by atoms with Gasteiger partial charge in [0.2, 0.25) is 0 Å². The molecular weight excluding hydrogens is 321 g/mol. The molecule has 0 bridgehead atoms. The predicted molar refractivity (Wildman–Crippen MR) is 83.4 cm³/mol. The highest BCUT2D eigenvalue weighted by molar-refractivity contribution is 14.1. The molecule has 17 heavy (non-hydrogen) atoms. The van der Waals surface area contributed by atoms with Crippen molar-refractivity contribution in [3.05, 3.63) is 52.1 Å². The molecule has 2 heteroatoms. The summed E-state index contributed by atoms with van der Waals surface area (Å²) in [6.07, 6.45) is 0. The Balaban J connectivity index is 2.47. The van der Waals surface area contributed by atoms with Crippen molar-refractivity contribution >= 4 is 28.3 Å².